The smallest absolute Gasteiger partial charge is 0.155 e. The Morgan fingerprint density at radius 3 is 2.93 bits per heavy atom. The molecule has 1 aliphatic carbocycles. The zero-order chi connectivity index (χ0) is 10.2. The molecule has 0 spiro atoms. The van der Waals surface area contributed by atoms with Gasteiger partial charge in [0.2, 0.25) is 0 Å². The van der Waals surface area contributed by atoms with Crippen LogP contribution >= 0.6 is 0 Å². The number of rotatable bonds is 6. The number of carbonyl (C=O) groups is 1. The molecular formula is C13H20O. The average Bonchev–Trinajstić information content (AvgIpc) is 2.58. The van der Waals surface area contributed by atoms with Crippen LogP contribution in [0.1, 0.15) is 45.4 Å². The maximum Gasteiger partial charge on any atom is 0.155 e. The lowest BCUT2D eigenvalue weighted by atomic mass is 10.0. The van der Waals surface area contributed by atoms with Crippen LogP contribution in [0.5, 0.6) is 0 Å². The summed E-state index contributed by atoms with van der Waals surface area (Å²) in [5.41, 5.74) is 0. The zero-order valence-electron chi connectivity index (χ0n) is 9.04. The molecule has 0 aliphatic heterocycles. The molecule has 0 unspecified atom stereocenters. The normalized spacial score (nSPS) is 21.2. The largest absolute Gasteiger partial charge is 0.295 e. The van der Waals surface area contributed by atoms with Crippen molar-refractivity contribution in [2.45, 2.75) is 45.4 Å². The van der Waals surface area contributed by atoms with Crippen molar-refractivity contribution in [1.82, 2.24) is 0 Å². The van der Waals surface area contributed by atoms with Crippen LogP contribution in [0, 0.1) is 5.92 Å². The van der Waals surface area contributed by atoms with Gasteiger partial charge in [0.1, 0.15) is 0 Å². The quantitative estimate of drug-likeness (QED) is 0.463. The number of carbonyl (C=O) groups excluding carboxylic acids is 1. The third kappa shape index (κ3) is 4.40. The van der Waals surface area contributed by atoms with Crippen molar-refractivity contribution in [3.05, 3.63) is 24.3 Å². The van der Waals surface area contributed by atoms with Gasteiger partial charge in [-0.3, -0.25) is 4.79 Å². The summed E-state index contributed by atoms with van der Waals surface area (Å²) in [6.45, 7) is 2.22. The van der Waals surface area contributed by atoms with Gasteiger partial charge in [-0.2, -0.15) is 0 Å². The molecule has 0 bridgehead atoms. The maximum absolute atomic E-state index is 10.9. The molecule has 0 aromatic heterocycles. The summed E-state index contributed by atoms with van der Waals surface area (Å²) in [5.74, 6) is 0.763. The van der Waals surface area contributed by atoms with Crippen LogP contribution in [-0.2, 0) is 4.79 Å². The van der Waals surface area contributed by atoms with Crippen molar-refractivity contribution in [2.75, 3.05) is 0 Å². The van der Waals surface area contributed by atoms with Crippen LogP contribution in [0.4, 0.5) is 0 Å². The number of hydrogen-bond donors (Lipinski definition) is 0. The Kier molecular flexibility index (Phi) is 5.28. The van der Waals surface area contributed by atoms with E-state index in [1.165, 1.54) is 25.7 Å². The fourth-order valence-corrected chi connectivity index (χ4v) is 1.70. The van der Waals surface area contributed by atoms with E-state index >= 15 is 0 Å². The Morgan fingerprint density at radius 2 is 2.29 bits per heavy atom. The number of ketones is 1. The molecule has 1 rings (SSSR count). The van der Waals surface area contributed by atoms with Gasteiger partial charge in [-0.05, 0) is 31.3 Å². The molecule has 0 aromatic rings. The molecule has 1 heteroatoms. The van der Waals surface area contributed by atoms with E-state index in [2.05, 4.69) is 19.1 Å². The third-order valence-electron chi connectivity index (χ3n) is 2.60. The summed E-state index contributed by atoms with van der Waals surface area (Å²) in [5, 5.41) is 0. The van der Waals surface area contributed by atoms with E-state index in [0.717, 1.165) is 12.8 Å². The first-order chi connectivity index (χ1) is 6.83. The maximum atomic E-state index is 10.9. The molecule has 1 nitrogen and oxygen atoms in total. The zero-order valence-corrected chi connectivity index (χ0v) is 9.04. The minimum atomic E-state index is 0.286. The monoisotopic (exact) mass is 192 g/mol. The topological polar surface area (TPSA) is 17.1 Å². The van der Waals surface area contributed by atoms with Crippen LogP contribution < -0.4 is 0 Å². The first-order valence-electron chi connectivity index (χ1n) is 5.69. The Balaban J connectivity index is 2.03. The predicted octanol–water partition coefficient (Wildman–Crippen LogP) is 3.66. The molecule has 0 heterocycles. The standard InChI is InChI=1S/C13H20O/c1-2-3-4-5-6-7-8-12-9-10-13(14)11-12/h6-7,9-10,12H,2-5,8,11H2,1H3/b7-6+/t12-/m0/s1. The number of allylic oxidation sites excluding steroid dienone is 4. The molecule has 0 radical (unpaired) electrons. The molecule has 1 atom stereocenters. The van der Waals surface area contributed by atoms with Crippen LogP contribution in [0.2, 0.25) is 0 Å². The van der Waals surface area contributed by atoms with Gasteiger partial charge in [0.25, 0.3) is 0 Å². The molecule has 0 saturated heterocycles. The fourth-order valence-electron chi connectivity index (χ4n) is 1.70. The van der Waals surface area contributed by atoms with E-state index in [4.69, 9.17) is 0 Å². The van der Waals surface area contributed by atoms with E-state index in [0.29, 0.717) is 5.92 Å². The highest BCUT2D eigenvalue weighted by Crippen LogP contribution is 2.18. The lowest BCUT2D eigenvalue weighted by Gasteiger charge is -2.00. The van der Waals surface area contributed by atoms with Crippen molar-refractivity contribution in [3.8, 4) is 0 Å². The molecule has 0 saturated carbocycles. The average molecular weight is 192 g/mol. The summed E-state index contributed by atoms with van der Waals surface area (Å²) in [6, 6.07) is 0. The highest BCUT2D eigenvalue weighted by molar-refractivity contribution is 5.92. The Bertz CT molecular complexity index is 225. The van der Waals surface area contributed by atoms with Crippen molar-refractivity contribution in [1.29, 1.82) is 0 Å². The van der Waals surface area contributed by atoms with Gasteiger partial charge in [0, 0.05) is 6.42 Å². The Hall–Kier alpha value is -0.850. The predicted molar refractivity (Wildman–Crippen MR) is 60.2 cm³/mol. The lowest BCUT2D eigenvalue weighted by molar-refractivity contribution is -0.114. The van der Waals surface area contributed by atoms with E-state index < -0.39 is 0 Å². The van der Waals surface area contributed by atoms with E-state index in [1.54, 1.807) is 6.08 Å². The van der Waals surface area contributed by atoms with E-state index in [9.17, 15) is 4.79 Å². The Labute approximate surface area is 86.9 Å². The van der Waals surface area contributed by atoms with Crippen LogP contribution in [0.3, 0.4) is 0 Å². The number of unbranched alkanes of at least 4 members (excludes halogenated alkanes) is 3. The second-order valence-corrected chi connectivity index (χ2v) is 3.99. The van der Waals surface area contributed by atoms with Gasteiger partial charge < -0.3 is 0 Å². The van der Waals surface area contributed by atoms with Gasteiger partial charge in [0.05, 0.1) is 0 Å². The molecule has 0 fully saturated rings. The summed E-state index contributed by atoms with van der Waals surface area (Å²) in [6.07, 6.45) is 15.1. The van der Waals surface area contributed by atoms with Gasteiger partial charge >= 0.3 is 0 Å². The van der Waals surface area contributed by atoms with Crippen LogP contribution in [-0.4, -0.2) is 5.78 Å². The first kappa shape index (κ1) is 11.2. The van der Waals surface area contributed by atoms with Crippen LogP contribution in [0.25, 0.3) is 0 Å². The van der Waals surface area contributed by atoms with Gasteiger partial charge in [-0.1, -0.05) is 38.0 Å². The highest BCUT2D eigenvalue weighted by Gasteiger charge is 2.13. The third-order valence-corrected chi connectivity index (χ3v) is 2.60. The summed E-state index contributed by atoms with van der Waals surface area (Å²) >= 11 is 0. The summed E-state index contributed by atoms with van der Waals surface area (Å²) in [7, 11) is 0. The molecule has 78 valence electrons. The van der Waals surface area contributed by atoms with Crippen LogP contribution in [0.15, 0.2) is 24.3 Å². The Morgan fingerprint density at radius 1 is 1.43 bits per heavy atom. The molecular weight excluding hydrogens is 172 g/mol. The van der Waals surface area contributed by atoms with Crippen molar-refractivity contribution >= 4 is 5.78 Å². The second-order valence-electron chi connectivity index (χ2n) is 3.99. The second kappa shape index (κ2) is 6.58. The van der Waals surface area contributed by atoms with Crippen molar-refractivity contribution in [2.24, 2.45) is 5.92 Å². The van der Waals surface area contributed by atoms with Crippen molar-refractivity contribution in [3.63, 3.8) is 0 Å². The molecule has 0 aromatic carbocycles. The lowest BCUT2D eigenvalue weighted by Crippen LogP contribution is -1.94. The highest BCUT2D eigenvalue weighted by atomic mass is 16.1. The van der Waals surface area contributed by atoms with Crippen molar-refractivity contribution < 1.29 is 4.79 Å². The first-order valence-corrected chi connectivity index (χ1v) is 5.69. The van der Waals surface area contributed by atoms with E-state index in [1.807, 2.05) is 6.08 Å². The fraction of sp³-hybridized carbons (Fsp3) is 0.615. The molecule has 1 aliphatic rings. The van der Waals surface area contributed by atoms with Gasteiger partial charge in [-0.15, -0.1) is 0 Å². The SMILES string of the molecule is CCCCC/C=C/C[C@H]1C=CC(=O)C1. The van der Waals surface area contributed by atoms with Gasteiger partial charge in [-0.25, -0.2) is 0 Å². The summed E-state index contributed by atoms with van der Waals surface area (Å²) < 4.78 is 0. The molecule has 14 heavy (non-hydrogen) atoms. The minimum Gasteiger partial charge on any atom is -0.295 e. The van der Waals surface area contributed by atoms with Gasteiger partial charge in [0.15, 0.2) is 5.78 Å². The molecule has 0 amide bonds. The van der Waals surface area contributed by atoms with E-state index in [-0.39, 0.29) is 5.78 Å². The summed E-state index contributed by atoms with van der Waals surface area (Å²) in [4.78, 5) is 10.9. The molecule has 0 N–H and O–H groups in total. The minimum absolute atomic E-state index is 0.286. The number of hydrogen-bond acceptors (Lipinski definition) is 1.